The van der Waals surface area contributed by atoms with Gasteiger partial charge in [0.2, 0.25) is 0 Å². The SMILES string of the molecule is O=C(O)C1(Cn2nnnc2-c2ccc(Br)cc2Cl)CC1. The summed E-state index contributed by atoms with van der Waals surface area (Å²) in [4.78, 5) is 11.3. The first-order chi connectivity index (χ1) is 9.52. The number of carboxylic acids is 1. The first-order valence-corrected chi connectivity index (χ1v) is 7.14. The van der Waals surface area contributed by atoms with E-state index in [0.717, 1.165) is 4.47 Å². The molecule has 1 aromatic heterocycles. The average Bonchev–Trinajstić information content (AvgIpc) is 3.03. The summed E-state index contributed by atoms with van der Waals surface area (Å²) in [7, 11) is 0. The maximum absolute atomic E-state index is 11.3. The molecule has 0 amide bonds. The Morgan fingerprint density at radius 2 is 2.25 bits per heavy atom. The Balaban J connectivity index is 1.96. The summed E-state index contributed by atoms with van der Waals surface area (Å²) in [5, 5.41) is 21.2. The number of carbonyl (C=O) groups is 1. The Hall–Kier alpha value is -1.47. The number of nitrogens with zero attached hydrogens (tertiary/aromatic N) is 4. The van der Waals surface area contributed by atoms with Crippen LogP contribution in [-0.4, -0.2) is 31.3 Å². The highest BCUT2D eigenvalue weighted by molar-refractivity contribution is 9.10. The summed E-state index contributed by atoms with van der Waals surface area (Å²) < 4.78 is 2.37. The zero-order valence-electron chi connectivity index (χ0n) is 10.3. The normalized spacial score (nSPS) is 16.1. The van der Waals surface area contributed by atoms with Gasteiger partial charge in [0.15, 0.2) is 5.82 Å². The van der Waals surface area contributed by atoms with E-state index in [2.05, 4.69) is 31.5 Å². The van der Waals surface area contributed by atoms with Gasteiger partial charge in [0, 0.05) is 10.0 Å². The molecule has 0 bridgehead atoms. The molecule has 1 heterocycles. The third-order valence-corrected chi connectivity index (χ3v) is 4.27. The van der Waals surface area contributed by atoms with Crippen molar-refractivity contribution in [2.45, 2.75) is 19.4 Å². The molecule has 0 unspecified atom stereocenters. The van der Waals surface area contributed by atoms with E-state index in [-0.39, 0.29) is 6.54 Å². The van der Waals surface area contributed by atoms with E-state index in [1.807, 2.05) is 6.07 Å². The number of tetrazole rings is 1. The maximum Gasteiger partial charge on any atom is 0.311 e. The number of benzene rings is 1. The van der Waals surface area contributed by atoms with E-state index in [1.165, 1.54) is 4.68 Å². The van der Waals surface area contributed by atoms with Crippen molar-refractivity contribution in [1.29, 1.82) is 0 Å². The van der Waals surface area contributed by atoms with E-state index >= 15 is 0 Å². The van der Waals surface area contributed by atoms with Gasteiger partial charge in [0.05, 0.1) is 17.0 Å². The molecule has 20 heavy (non-hydrogen) atoms. The highest BCUT2D eigenvalue weighted by Gasteiger charge is 2.51. The summed E-state index contributed by atoms with van der Waals surface area (Å²) >= 11 is 9.52. The van der Waals surface area contributed by atoms with Gasteiger partial charge < -0.3 is 5.11 Å². The topological polar surface area (TPSA) is 80.9 Å². The van der Waals surface area contributed by atoms with Gasteiger partial charge in [-0.2, -0.15) is 0 Å². The lowest BCUT2D eigenvalue weighted by Crippen LogP contribution is -2.22. The molecule has 1 N–H and O–H groups in total. The predicted octanol–water partition coefficient (Wildman–Crippen LogP) is 2.62. The van der Waals surface area contributed by atoms with Crippen LogP contribution in [0.15, 0.2) is 22.7 Å². The van der Waals surface area contributed by atoms with Gasteiger partial charge >= 0.3 is 5.97 Å². The van der Waals surface area contributed by atoms with Gasteiger partial charge in [-0.15, -0.1) is 5.10 Å². The highest BCUT2D eigenvalue weighted by atomic mass is 79.9. The van der Waals surface area contributed by atoms with Crippen molar-refractivity contribution in [2.24, 2.45) is 5.41 Å². The first-order valence-electron chi connectivity index (χ1n) is 5.97. The zero-order chi connectivity index (χ0) is 14.3. The number of rotatable bonds is 4. The predicted molar refractivity (Wildman–Crippen MR) is 75.3 cm³/mol. The monoisotopic (exact) mass is 356 g/mol. The molecule has 1 aromatic carbocycles. The number of halogens is 2. The van der Waals surface area contributed by atoms with E-state index in [4.69, 9.17) is 11.6 Å². The van der Waals surface area contributed by atoms with Crippen molar-refractivity contribution in [3.05, 3.63) is 27.7 Å². The lowest BCUT2D eigenvalue weighted by molar-refractivity contribution is -0.144. The number of aromatic nitrogens is 4. The smallest absolute Gasteiger partial charge is 0.311 e. The third-order valence-electron chi connectivity index (χ3n) is 3.46. The number of hydrogen-bond acceptors (Lipinski definition) is 4. The van der Waals surface area contributed by atoms with Crippen molar-refractivity contribution < 1.29 is 9.90 Å². The summed E-state index contributed by atoms with van der Waals surface area (Å²) in [5.74, 6) is -0.323. The largest absolute Gasteiger partial charge is 0.481 e. The average molecular weight is 358 g/mol. The van der Waals surface area contributed by atoms with Crippen LogP contribution in [0.5, 0.6) is 0 Å². The molecule has 0 spiro atoms. The summed E-state index contributed by atoms with van der Waals surface area (Å²) in [6, 6.07) is 5.39. The zero-order valence-corrected chi connectivity index (χ0v) is 12.6. The minimum absolute atomic E-state index is 0.261. The van der Waals surface area contributed by atoms with Crippen molar-refractivity contribution in [3.8, 4) is 11.4 Å². The van der Waals surface area contributed by atoms with Crippen molar-refractivity contribution >= 4 is 33.5 Å². The van der Waals surface area contributed by atoms with Crippen LogP contribution in [0, 0.1) is 5.41 Å². The number of hydrogen-bond donors (Lipinski definition) is 1. The standard InChI is InChI=1S/C12H10BrClN4O2/c13-7-1-2-8(9(14)5-7)10-15-16-17-18(10)6-12(3-4-12)11(19)20/h1-2,5H,3-4,6H2,(H,19,20). The molecule has 0 saturated heterocycles. The molecule has 3 rings (SSSR count). The van der Waals surface area contributed by atoms with Crippen molar-refractivity contribution in [3.63, 3.8) is 0 Å². The van der Waals surface area contributed by atoms with Crippen LogP contribution < -0.4 is 0 Å². The number of carboxylic acid groups (broad SMARTS) is 1. The van der Waals surface area contributed by atoms with Gasteiger partial charge in [-0.3, -0.25) is 4.79 Å². The molecule has 1 fully saturated rings. The second-order valence-electron chi connectivity index (χ2n) is 4.87. The third kappa shape index (κ3) is 2.31. The van der Waals surface area contributed by atoms with E-state index in [9.17, 15) is 9.90 Å². The molecule has 0 atom stereocenters. The van der Waals surface area contributed by atoms with Gasteiger partial charge in [0.25, 0.3) is 0 Å². The highest BCUT2D eigenvalue weighted by Crippen LogP contribution is 2.47. The second-order valence-corrected chi connectivity index (χ2v) is 6.19. The van der Waals surface area contributed by atoms with Crippen LogP contribution in [0.1, 0.15) is 12.8 Å². The van der Waals surface area contributed by atoms with Gasteiger partial charge in [0.1, 0.15) is 0 Å². The molecule has 1 aliphatic carbocycles. The molecule has 104 valence electrons. The molecule has 6 nitrogen and oxygen atoms in total. The molecule has 1 aliphatic rings. The minimum Gasteiger partial charge on any atom is -0.481 e. The fraction of sp³-hybridized carbons (Fsp3) is 0.333. The molecule has 1 saturated carbocycles. The van der Waals surface area contributed by atoms with Crippen LogP contribution in [0.2, 0.25) is 5.02 Å². The van der Waals surface area contributed by atoms with Gasteiger partial charge in [-0.1, -0.05) is 27.5 Å². The quantitative estimate of drug-likeness (QED) is 0.909. The Bertz CT molecular complexity index is 684. The fourth-order valence-corrected chi connectivity index (χ4v) is 2.81. The molecule has 8 heteroatoms. The van der Waals surface area contributed by atoms with E-state index in [0.29, 0.717) is 29.3 Å². The Kier molecular flexibility index (Phi) is 3.25. The Morgan fingerprint density at radius 1 is 1.50 bits per heavy atom. The lowest BCUT2D eigenvalue weighted by atomic mass is 10.1. The van der Waals surface area contributed by atoms with Crippen LogP contribution in [-0.2, 0) is 11.3 Å². The van der Waals surface area contributed by atoms with Crippen molar-refractivity contribution in [2.75, 3.05) is 0 Å². The minimum atomic E-state index is -0.805. The summed E-state index contributed by atoms with van der Waals surface area (Å²) in [6.45, 7) is 0.261. The lowest BCUT2D eigenvalue weighted by Gasteiger charge is -2.11. The summed E-state index contributed by atoms with van der Waals surface area (Å²) in [5.41, 5.74) is -0.0487. The Morgan fingerprint density at radius 3 is 2.85 bits per heavy atom. The van der Waals surface area contributed by atoms with Gasteiger partial charge in [-0.25, -0.2) is 4.68 Å². The van der Waals surface area contributed by atoms with Gasteiger partial charge in [-0.05, 0) is 41.5 Å². The molecular weight excluding hydrogens is 348 g/mol. The van der Waals surface area contributed by atoms with E-state index < -0.39 is 11.4 Å². The molecule has 0 aliphatic heterocycles. The summed E-state index contributed by atoms with van der Waals surface area (Å²) in [6.07, 6.45) is 1.30. The molecular formula is C12H10BrClN4O2. The van der Waals surface area contributed by atoms with Crippen molar-refractivity contribution in [1.82, 2.24) is 20.2 Å². The molecule has 2 aromatic rings. The number of aliphatic carboxylic acids is 1. The fourth-order valence-electron chi connectivity index (χ4n) is 2.05. The van der Waals surface area contributed by atoms with Crippen LogP contribution in [0.3, 0.4) is 0 Å². The Labute approximate surface area is 127 Å². The maximum atomic E-state index is 11.3. The van der Waals surface area contributed by atoms with E-state index in [1.54, 1.807) is 12.1 Å². The van der Waals surface area contributed by atoms with Crippen LogP contribution >= 0.6 is 27.5 Å². The molecule has 0 radical (unpaired) electrons. The first kappa shape index (κ1) is 13.5. The van der Waals surface area contributed by atoms with Crippen LogP contribution in [0.25, 0.3) is 11.4 Å². The second kappa shape index (κ2) is 4.82. The van der Waals surface area contributed by atoms with Crippen LogP contribution in [0.4, 0.5) is 0 Å².